The van der Waals surface area contributed by atoms with Crippen molar-refractivity contribution in [3.8, 4) is 5.75 Å². The Morgan fingerprint density at radius 1 is 1.19 bits per heavy atom. The molecule has 0 fully saturated rings. The SMILES string of the molecule is COc1ccc(C(=O)c2csc(C)c2)cc1. The monoisotopic (exact) mass is 232 g/mol. The third kappa shape index (κ3) is 2.14. The van der Waals surface area contributed by atoms with Gasteiger partial charge >= 0.3 is 0 Å². The molecule has 2 aromatic rings. The maximum atomic E-state index is 12.0. The molecule has 0 N–H and O–H groups in total. The van der Waals surface area contributed by atoms with E-state index in [4.69, 9.17) is 4.74 Å². The number of methoxy groups -OCH3 is 1. The molecule has 0 amide bonds. The molecule has 0 aliphatic carbocycles. The van der Waals surface area contributed by atoms with Crippen LogP contribution >= 0.6 is 11.3 Å². The molecule has 3 heteroatoms. The van der Waals surface area contributed by atoms with E-state index in [0.29, 0.717) is 5.56 Å². The summed E-state index contributed by atoms with van der Waals surface area (Å²) in [5.74, 6) is 0.824. The molecule has 2 rings (SSSR count). The molecule has 0 bridgehead atoms. The van der Waals surface area contributed by atoms with Gasteiger partial charge in [0.1, 0.15) is 5.75 Å². The van der Waals surface area contributed by atoms with Crippen molar-refractivity contribution < 1.29 is 9.53 Å². The number of carbonyl (C=O) groups is 1. The highest BCUT2D eigenvalue weighted by atomic mass is 32.1. The van der Waals surface area contributed by atoms with Gasteiger partial charge in [-0.15, -0.1) is 11.3 Å². The first-order valence-corrected chi connectivity index (χ1v) is 5.82. The zero-order chi connectivity index (χ0) is 11.5. The Kier molecular flexibility index (Phi) is 3.06. The minimum absolute atomic E-state index is 0.0620. The summed E-state index contributed by atoms with van der Waals surface area (Å²) < 4.78 is 5.05. The van der Waals surface area contributed by atoms with E-state index in [1.165, 1.54) is 0 Å². The number of carbonyl (C=O) groups excluding carboxylic acids is 1. The van der Waals surface area contributed by atoms with Crippen LogP contribution in [-0.2, 0) is 0 Å². The van der Waals surface area contributed by atoms with E-state index in [0.717, 1.165) is 16.2 Å². The Hall–Kier alpha value is -1.61. The molecule has 0 saturated carbocycles. The molecular weight excluding hydrogens is 220 g/mol. The normalized spacial score (nSPS) is 10.1. The summed E-state index contributed by atoms with van der Waals surface area (Å²) in [6.07, 6.45) is 0. The van der Waals surface area contributed by atoms with Gasteiger partial charge in [-0.2, -0.15) is 0 Å². The van der Waals surface area contributed by atoms with Crippen LogP contribution in [0.1, 0.15) is 20.8 Å². The first-order chi connectivity index (χ1) is 7.70. The number of ketones is 1. The van der Waals surface area contributed by atoms with Crippen molar-refractivity contribution in [3.05, 3.63) is 51.7 Å². The van der Waals surface area contributed by atoms with Crippen molar-refractivity contribution in [2.24, 2.45) is 0 Å². The molecule has 16 heavy (non-hydrogen) atoms. The number of ether oxygens (including phenoxy) is 1. The van der Waals surface area contributed by atoms with E-state index in [9.17, 15) is 4.79 Å². The van der Waals surface area contributed by atoms with E-state index < -0.39 is 0 Å². The molecule has 0 radical (unpaired) electrons. The van der Waals surface area contributed by atoms with Gasteiger partial charge in [-0.3, -0.25) is 4.79 Å². The standard InChI is InChI=1S/C13H12O2S/c1-9-7-11(8-16-9)13(14)10-3-5-12(15-2)6-4-10/h3-8H,1-2H3. The summed E-state index contributed by atoms with van der Waals surface area (Å²) in [5.41, 5.74) is 1.45. The van der Waals surface area contributed by atoms with Crippen molar-refractivity contribution in [1.82, 2.24) is 0 Å². The smallest absolute Gasteiger partial charge is 0.193 e. The topological polar surface area (TPSA) is 26.3 Å². The highest BCUT2D eigenvalue weighted by Gasteiger charge is 2.10. The summed E-state index contributed by atoms with van der Waals surface area (Å²) in [4.78, 5) is 13.2. The second-order valence-electron chi connectivity index (χ2n) is 3.50. The lowest BCUT2D eigenvalue weighted by molar-refractivity contribution is 0.103. The van der Waals surface area contributed by atoms with Gasteiger partial charge in [0.05, 0.1) is 7.11 Å². The highest BCUT2D eigenvalue weighted by Crippen LogP contribution is 2.19. The van der Waals surface area contributed by atoms with Crippen LogP contribution in [-0.4, -0.2) is 12.9 Å². The summed E-state index contributed by atoms with van der Waals surface area (Å²) in [6.45, 7) is 2.00. The number of hydrogen-bond acceptors (Lipinski definition) is 3. The molecule has 0 saturated heterocycles. The quantitative estimate of drug-likeness (QED) is 0.759. The Balaban J connectivity index is 2.27. The number of thiophene rings is 1. The van der Waals surface area contributed by atoms with E-state index in [1.807, 2.05) is 18.4 Å². The third-order valence-electron chi connectivity index (χ3n) is 2.34. The lowest BCUT2D eigenvalue weighted by Crippen LogP contribution is -1.99. The predicted molar refractivity (Wildman–Crippen MR) is 65.5 cm³/mol. The number of aryl methyl sites for hydroxylation is 1. The molecule has 82 valence electrons. The van der Waals surface area contributed by atoms with Gasteiger partial charge < -0.3 is 4.74 Å². The van der Waals surface area contributed by atoms with Crippen LogP contribution in [0.15, 0.2) is 35.7 Å². The Labute approximate surface area is 98.5 Å². The molecule has 1 heterocycles. The maximum Gasteiger partial charge on any atom is 0.193 e. The van der Waals surface area contributed by atoms with Crippen molar-refractivity contribution in [3.63, 3.8) is 0 Å². The van der Waals surface area contributed by atoms with Gasteiger partial charge in [0.2, 0.25) is 0 Å². The van der Waals surface area contributed by atoms with Gasteiger partial charge in [0, 0.05) is 21.4 Å². The molecule has 2 nitrogen and oxygen atoms in total. The highest BCUT2D eigenvalue weighted by molar-refractivity contribution is 7.10. The number of rotatable bonds is 3. The van der Waals surface area contributed by atoms with Gasteiger partial charge in [-0.05, 0) is 37.3 Å². The average Bonchev–Trinajstić information content (AvgIpc) is 2.75. The van der Waals surface area contributed by atoms with Crippen molar-refractivity contribution in [2.75, 3.05) is 7.11 Å². The summed E-state index contributed by atoms with van der Waals surface area (Å²) in [7, 11) is 1.61. The Bertz CT molecular complexity index is 497. The van der Waals surface area contributed by atoms with E-state index in [2.05, 4.69) is 0 Å². The van der Waals surface area contributed by atoms with Gasteiger partial charge in [-0.25, -0.2) is 0 Å². The number of hydrogen-bond donors (Lipinski definition) is 0. The van der Waals surface area contributed by atoms with Gasteiger partial charge in [-0.1, -0.05) is 0 Å². The fourth-order valence-electron chi connectivity index (χ4n) is 1.47. The predicted octanol–water partition coefficient (Wildman–Crippen LogP) is 3.30. The molecule has 0 unspecified atom stereocenters. The molecular formula is C13H12O2S. The molecule has 0 atom stereocenters. The Morgan fingerprint density at radius 2 is 1.88 bits per heavy atom. The van der Waals surface area contributed by atoms with E-state index in [-0.39, 0.29) is 5.78 Å². The molecule has 0 spiro atoms. The summed E-state index contributed by atoms with van der Waals surface area (Å²) >= 11 is 1.59. The first-order valence-electron chi connectivity index (χ1n) is 4.94. The summed E-state index contributed by atoms with van der Waals surface area (Å²) in [6, 6.07) is 9.08. The molecule has 0 aliphatic rings. The lowest BCUT2D eigenvalue weighted by Gasteiger charge is -2.01. The van der Waals surface area contributed by atoms with E-state index in [1.54, 1.807) is 42.7 Å². The van der Waals surface area contributed by atoms with Crippen molar-refractivity contribution >= 4 is 17.1 Å². The zero-order valence-electron chi connectivity index (χ0n) is 9.19. The zero-order valence-corrected chi connectivity index (χ0v) is 10.0. The van der Waals surface area contributed by atoms with Crippen LogP contribution in [0.3, 0.4) is 0 Å². The average molecular weight is 232 g/mol. The maximum absolute atomic E-state index is 12.0. The first kappa shape index (κ1) is 10.9. The molecule has 1 aromatic heterocycles. The lowest BCUT2D eigenvalue weighted by atomic mass is 10.1. The molecule has 0 aliphatic heterocycles. The fourth-order valence-corrected chi connectivity index (χ4v) is 2.15. The Morgan fingerprint density at radius 3 is 2.38 bits per heavy atom. The van der Waals surface area contributed by atoms with Crippen LogP contribution in [0.2, 0.25) is 0 Å². The van der Waals surface area contributed by atoms with Crippen LogP contribution < -0.4 is 4.74 Å². The van der Waals surface area contributed by atoms with Crippen LogP contribution in [0.25, 0.3) is 0 Å². The molecule has 1 aromatic carbocycles. The van der Waals surface area contributed by atoms with Crippen molar-refractivity contribution in [2.45, 2.75) is 6.92 Å². The van der Waals surface area contributed by atoms with E-state index >= 15 is 0 Å². The largest absolute Gasteiger partial charge is 0.497 e. The van der Waals surface area contributed by atoms with Gasteiger partial charge in [0.25, 0.3) is 0 Å². The number of benzene rings is 1. The fraction of sp³-hybridized carbons (Fsp3) is 0.154. The van der Waals surface area contributed by atoms with Crippen LogP contribution in [0.5, 0.6) is 5.75 Å². The minimum atomic E-state index is 0.0620. The van der Waals surface area contributed by atoms with Crippen LogP contribution in [0.4, 0.5) is 0 Å². The second kappa shape index (κ2) is 4.49. The summed E-state index contributed by atoms with van der Waals surface area (Å²) in [5, 5.41) is 1.89. The third-order valence-corrected chi connectivity index (χ3v) is 3.21. The van der Waals surface area contributed by atoms with Crippen molar-refractivity contribution in [1.29, 1.82) is 0 Å². The second-order valence-corrected chi connectivity index (χ2v) is 4.62. The minimum Gasteiger partial charge on any atom is -0.497 e. The van der Waals surface area contributed by atoms with Gasteiger partial charge in [0.15, 0.2) is 5.78 Å². The van der Waals surface area contributed by atoms with Crippen LogP contribution in [0, 0.1) is 6.92 Å².